The zero-order chi connectivity index (χ0) is 11.7. The molecule has 2 aromatic rings. The molecule has 0 spiro atoms. The van der Waals surface area contributed by atoms with Gasteiger partial charge < -0.3 is 5.21 Å². The zero-order valence-electron chi connectivity index (χ0n) is 10.0. The van der Waals surface area contributed by atoms with Gasteiger partial charge in [0.2, 0.25) is 6.33 Å². The second-order valence-electron chi connectivity index (χ2n) is 5.09. The molecular weight excluding hydrogens is 212 g/mol. The Morgan fingerprint density at radius 3 is 2.76 bits per heavy atom. The number of benzene rings is 1. The normalized spacial score (nSPS) is 17.6. The van der Waals surface area contributed by atoms with E-state index in [1.165, 1.54) is 32.1 Å². The summed E-state index contributed by atoms with van der Waals surface area (Å²) < 4.78 is 3.11. The van der Waals surface area contributed by atoms with Crippen molar-refractivity contribution in [2.75, 3.05) is 0 Å². The monoisotopic (exact) mass is 230 g/mol. The van der Waals surface area contributed by atoms with Crippen LogP contribution in [0.15, 0.2) is 30.6 Å². The van der Waals surface area contributed by atoms with E-state index >= 15 is 0 Å². The van der Waals surface area contributed by atoms with Crippen LogP contribution in [-0.2, 0) is 6.54 Å². The summed E-state index contributed by atoms with van der Waals surface area (Å²) in [6.07, 6.45) is 8.39. The maximum Gasteiger partial charge on any atom is 0.247 e. The van der Waals surface area contributed by atoms with Crippen molar-refractivity contribution in [2.24, 2.45) is 5.92 Å². The molecule has 1 aliphatic carbocycles. The number of nitrogens with zero attached hydrogens (tertiary/aromatic N) is 2. The summed E-state index contributed by atoms with van der Waals surface area (Å²) >= 11 is 0. The molecule has 1 aromatic heterocycles. The predicted octanol–water partition coefficient (Wildman–Crippen LogP) is 2.86. The van der Waals surface area contributed by atoms with E-state index in [2.05, 4.69) is 4.57 Å². The smallest absolute Gasteiger partial charge is 0.247 e. The number of hydrogen-bond donors (Lipinski definition) is 0. The lowest BCUT2D eigenvalue weighted by Gasteiger charge is -2.19. The van der Waals surface area contributed by atoms with Crippen LogP contribution in [0.2, 0.25) is 0 Å². The van der Waals surface area contributed by atoms with E-state index in [-0.39, 0.29) is 0 Å². The predicted molar refractivity (Wildman–Crippen MR) is 67.5 cm³/mol. The highest BCUT2D eigenvalue weighted by atomic mass is 16.5. The summed E-state index contributed by atoms with van der Waals surface area (Å²) in [6, 6.07) is 7.84. The van der Waals surface area contributed by atoms with Crippen molar-refractivity contribution < 1.29 is 4.73 Å². The van der Waals surface area contributed by atoms with Crippen molar-refractivity contribution in [1.82, 2.24) is 4.57 Å². The molecule has 0 radical (unpaired) electrons. The molecule has 17 heavy (non-hydrogen) atoms. The Balaban J connectivity index is 1.89. The second kappa shape index (κ2) is 4.40. The summed E-state index contributed by atoms with van der Waals surface area (Å²) in [5, 5.41) is 11.7. The molecule has 1 fully saturated rings. The van der Waals surface area contributed by atoms with Crippen molar-refractivity contribution in [1.29, 1.82) is 0 Å². The summed E-state index contributed by atoms with van der Waals surface area (Å²) in [5.41, 5.74) is 1.84. The van der Waals surface area contributed by atoms with E-state index in [4.69, 9.17) is 0 Å². The average Bonchev–Trinajstić information content (AvgIpc) is 2.69. The molecule has 0 atom stereocenters. The molecule has 3 rings (SSSR count). The molecule has 3 nitrogen and oxygen atoms in total. The SMILES string of the molecule is [O-][n+]1cn(CC2CCCCC2)c2ccccc21. The maximum absolute atomic E-state index is 11.7. The first-order valence-electron chi connectivity index (χ1n) is 6.51. The minimum Gasteiger partial charge on any atom is -0.710 e. The lowest BCUT2D eigenvalue weighted by molar-refractivity contribution is -0.578. The Kier molecular flexibility index (Phi) is 2.75. The standard InChI is InChI=1S/C14H18N2O/c17-16-11-15(10-12-6-2-1-3-7-12)13-8-4-5-9-14(13)16/h4-5,8-9,11-12H,1-3,6-7,10H2. The molecule has 1 saturated carbocycles. The Labute approximate surface area is 101 Å². The minimum absolute atomic E-state index is 0.750. The molecule has 0 bridgehead atoms. The van der Waals surface area contributed by atoms with E-state index in [1.54, 1.807) is 6.33 Å². The van der Waals surface area contributed by atoms with Crippen molar-refractivity contribution in [2.45, 2.75) is 38.6 Å². The van der Waals surface area contributed by atoms with Gasteiger partial charge in [0.1, 0.15) is 0 Å². The first kappa shape index (κ1) is 10.6. The van der Waals surface area contributed by atoms with E-state index < -0.39 is 0 Å². The van der Waals surface area contributed by atoms with Crippen LogP contribution in [0.3, 0.4) is 0 Å². The van der Waals surface area contributed by atoms with Gasteiger partial charge in [-0.25, -0.2) is 9.30 Å². The number of imidazole rings is 1. The lowest BCUT2D eigenvalue weighted by atomic mass is 9.89. The molecule has 90 valence electrons. The van der Waals surface area contributed by atoms with E-state index in [9.17, 15) is 5.21 Å². The molecule has 1 heterocycles. The largest absolute Gasteiger partial charge is 0.710 e. The lowest BCUT2D eigenvalue weighted by Crippen LogP contribution is -2.23. The first-order valence-corrected chi connectivity index (χ1v) is 6.51. The first-order chi connectivity index (χ1) is 8.34. The molecular formula is C14H18N2O. The molecule has 1 aliphatic rings. The molecule has 1 aromatic carbocycles. The van der Waals surface area contributed by atoms with Gasteiger partial charge in [-0.15, -0.1) is 0 Å². The summed E-state index contributed by atoms with van der Waals surface area (Å²) in [4.78, 5) is 0. The summed E-state index contributed by atoms with van der Waals surface area (Å²) in [5.74, 6) is 0.750. The quantitative estimate of drug-likeness (QED) is 0.576. The average molecular weight is 230 g/mol. The third-order valence-electron chi connectivity index (χ3n) is 3.85. The van der Waals surface area contributed by atoms with Crippen LogP contribution in [0.5, 0.6) is 0 Å². The van der Waals surface area contributed by atoms with Gasteiger partial charge in [0, 0.05) is 0 Å². The fraction of sp³-hybridized carbons (Fsp3) is 0.500. The minimum atomic E-state index is 0.750. The Morgan fingerprint density at radius 1 is 1.18 bits per heavy atom. The van der Waals surface area contributed by atoms with Gasteiger partial charge in [-0.1, -0.05) is 31.4 Å². The number of aromatic nitrogens is 2. The summed E-state index contributed by atoms with van der Waals surface area (Å²) in [6.45, 7) is 0.996. The second-order valence-corrected chi connectivity index (χ2v) is 5.09. The number of fused-ring (bicyclic) bond motifs is 1. The Hall–Kier alpha value is -1.51. The number of para-hydroxylation sites is 2. The van der Waals surface area contributed by atoms with E-state index in [0.29, 0.717) is 0 Å². The van der Waals surface area contributed by atoms with Crippen molar-refractivity contribution in [3.8, 4) is 0 Å². The van der Waals surface area contributed by atoms with Crippen LogP contribution in [0, 0.1) is 11.1 Å². The molecule has 3 heteroatoms. The molecule has 0 amide bonds. The van der Waals surface area contributed by atoms with Crippen LogP contribution in [0.25, 0.3) is 11.0 Å². The van der Waals surface area contributed by atoms with Crippen molar-refractivity contribution in [3.05, 3.63) is 35.8 Å². The molecule has 0 N–H and O–H groups in total. The fourth-order valence-electron chi connectivity index (χ4n) is 2.94. The molecule has 0 aliphatic heterocycles. The van der Waals surface area contributed by atoms with Crippen molar-refractivity contribution >= 4 is 11.0 Å². The third-order valence-corrected chi connectivity index (χ3v) is 3.85. The van der Waals surface area contributed by atoms with Gasteiger partial charge in [0.05, 0.1) is 6.54 Å². The fourth-order valence-corrected chi connectivity index (χ4v) is 2.94. The van der Waals surface area contributed by atoms with Gasteiger partial charge in [-0.2, -0.15) is 0 Å². The van der Waals surface area contributed by atoms with Gasteiger partial charge in [0.25, 0.3) is 0 Å². The van der Waals surface area contributed by atoms with Gasteiger partial charge in [0.15, 0.2) is 11.0 Å². The topological polar surface area (TPSA) is 31.9 Å². The van der Waals surface area contributed by atoms with E-state index in [1.807, 2.05) is 24.3 Å². The highest BCUT2D eigenvalue weighted by molar-refractivity contribution is 5.71. The van der Waals surface area contributed by atoms with Gasteiger partial charge >= 0.3 is 0 Å². The van der Waals surface area contributed by atoms with Gasteiger partial charge in [-0.3, -0.25) is 0 Å². The Bertz CT molecular complexity index is 512. The van der Waals surface area contributed by atoms with Gasteiger partial charge in [-0.05, 0) is 30.9 Å². The third kappa shape index (κ3) is 2.02. The summed E-state index contributed by atoms with van der Waals surface area (Å²) in [7, 11) is 0. The van der Waals surface area contributed by atoms with E-state index in [0.717, 1.165) is 28.2 Å². The highest BCUT2D eigenvalue weighted by Crippen LogP contribution is 2.26. The Morgan fingerprint density at radius 2 is 1.94 bits per heavy atom. The number of hydrogen-bond acceptors (Lipinski definition) is 1. The van der Waals surface area contributed by atoms with Crippen LogP contribution < -0.4 is 4.73 Å². The molecule has 0 saturated heterocycles. The highest BCUT2D eigenvalue weighted by Gasteiger charge is 2.19. The maximum atomic E-state index is 11.7. The number of rotatable bonds is 2. The van der Waals surface area contributed by atoms with Crippen LogP contribution in [-0.4, -0.2) is 4.57 Å². The van der Waals surface area contributed by atoms with Crippen LogP contribution in [0.4, 0.5) is 0 Å². The zero-order valence-corrected chi connectivity index (χ0v) is 10.0. The van der Waals surface area contributed by atoms with Crippen LogP contribution in [0.1, 0.15) is 32.1 Å². The van der Waals surface area contributed by atoms with Crippen molar-refractivity contribution in [3.63, 3.8) is 0 Å². The molecule has 0 unspecified atom stereocenters. The van der Waals surface area contributed by atoms with Crippen LogP contribution >= 0.6 is 0 Å².